The van der Waals surface area contributed by atoms with Crippen molar-refractivity contribution in [2.24, 2.45) is 0 Å². The minimum absolute atomic E-state index is 0.109. The predicted molar refractivity (Wildman–Crippen MR) is 68.1 cm³/mol. The van der Waals surface area contributed by atoms with Gasteiger partial charge in [0.2, 0.25) is 5.78 Å². The number of carboxylic acid groups (broad SMARTS) is 1. The van der Waals surface area contributed by atoms with E-state index in [0.29, 0.717) is 12.3 Å². The van der Waals surface area contributed by atoms with Gasteiger partial charge in [0.05, 0.1) is 17.2 Å². The number of rotatable bonds is 5. The van der Waals surface area contributed by atoms with Crippen LogP contribution in [-0.2, 0) is 9.53 Å². The Hall–Kier alpha value is -1.66. The summed E-state index contributed by atoms with van der Waals surface area (Å²) in [5, 5.41) is 7.30. The second-order valence-electron chi connectivity index (χ2n) is 3.47. The van der Waals surface area contributed by atoms with E-state index in [0.717, 1.165) is 0 Å². The van der Waals surface area contributed by atoms with Crippen molar-refractivity contribution >= 4 is 35.0 Å². The van der Waals surface area contributed by atoms with Gasteiger partial charge >= 0.3 is 5.97 Å². The molecule has 0 spiro atoms. The van der Waals surface area contributed by atoms with Gasteiger partial charge in [0.15, 0.2) is 11.6 Å². The molecule has 1 aromatic rings. The topological polar surface area (TPSA) is 63.6 Å². The fraction of sp³-hybridized carbons (Fsp3) is 0.167. The molecule has 0 saturated heterocycles. The SMILES string of the molecule is CCOC=C(C(=O)O)C(=O)c1cc(Cl)c(F)c(Cl)c1F. The first-order valence-electron chi connectivity index (χ1n) is 5.24. The van der Waals surface area contributed by atoms with Crippen molar-refractivity contribution in [1.29, 1.82) is 0 Å². The molecule has 0 fully saturated rings. The van der Waals surface area contributed by atoms with Crippen molar-refractivity contribution in [3.63, 3.8) is 0 Å². The number of Topliss-reactive ketones (excluding diaryl/α,β-unsaturated/α-hetero) is 1. The molecule has 1 N–H and O–H groups in total. The maximum absolute atomic E-state index is 13.7. The first kappa shape index (κ1) is 16.4. The number of ketones is 1. The van der Waals surface area contributed by atoms with Crippen molar-refractivity contribution < 1.29 is 28.2 Å². The van der Waals surface area contributed by atoms with Gasteiger partial charge in [0.25, 0.3) is 0 Å². The van der Waals surface area contributed by atoms with Crippen molar-refractivity contribution in [3.8, 4) is 0 Å². The third-order valence-corrected chi connectivity index (χ3v) is 2.80. The zero-order valence-electron chi connectivity index (χ0n) is 10.0. The van der Waals surface area contributed by atoms with E-state index in [-0.39, 0.29) is 6.61 Å². The maximum atomic E-state index is 13.7. The van der Waals surface area contributed by atoms with Gasteiger partial charge in [-0.15, -0.1) is 0 Å². The molecule has 1 rings (SSSR count). The standard InChI is InChI=1S/C12H8Cl2F2O4/c1-2-20-4-6(12(18)19)11(17)5-3-7(13)10(16)8(14)9(5)15/h3-4H,2H2,1H3,(H,18,19). The Balaban J connectivity index is 3.37. The van der Waals surface area contributed by atoms with Crippen LogP contribution in [0.2, 0.25) is 10.0 Å². The second kappa shape index (κ2) is 6.67. The van der Waals surface area contributed by atoms with Crippen molar-refractivity contribution in [3.05, 3.63) is 45.1 Å². The third-order valence-electron chi connectivity index (χ3n) is 2.19. The van der Waals surface area contributed by atoms with Gasteiger partial charge in [0.1, 0.15) is 16.9 Å². The number of benzene rings is 1. The summed E-state index contributed by atoms with van der Waals surface area (Å²) < 4.78 is 31.7. The fourth-order valence-corrected chi connectivity index (χ4v) is 1.71. The summed E-state index contributed by atoms with van der Waals surface area (Å²) in [5.74, 6) is -5.47. The number of carboxylic acids is 1. The van der Waals surface area contributed by atoms with E-state index < -0.39 is 44.6 Å². The summed E-state index contributed by atoms with van der Waals surface area (Å²) in [4.78, 5) is 22.9. The van der Waals surface area contributed by atoms with Crippen LogP contribution < -0.4 is 0 Å². The van der Waals surface area contributed by atoms with Gasteiger partial charge in [0, 0.05) is 0 Å². The van der Waals surface area contributed by atoms with Crippen LogP contribution in [0.4, 0.5) is 8.78 Å². The number of carbonyl (C=O) groups excluding carboxylic acids is 1. The number of aliphatic carboxylic acids is 1. The average molecular weight is 325 g/mol. The molecule has 108 valence electrons. The molecular weight excluding hydrogens is 317 g/mol. The summed E-state index contributed by atoms with van der Waals surface area (Å²) >= 11 is 10.8. The number of hydrogen-bond donors (Lipinski definition) is 1. The molecule has 0 aliphatic carbocycles. The maximum Gasteiger partial charge on any atom is 0.342 e. The van der Waals surface area contributed by atoms with Crippen molar-refractivity contribution in [2.75, 3.05) is 6.61 Å². The highest BCUT2D eigenvalue weighted by atomic mass is 35.5. The second-order valence-corrected chi connectivity index (χ2v) is 4.25. The Morgan fingerprint density at radius 1 is 1.35 bits per heavy atom. The highest BCUT2D eigenvalue weighted by Gasteiger charge is 2.26. The molecule has 0 aliphatic heterocycles. The summed E-state index contributed by atoms with van der Waals surface area (Å²) in [6.45, 7) is 1.67. The molecule has 20 heavy (non-hydrogen) atoms. The molecule has 0 bridgehead atoms. The molecule has 1 aromatic carbocycles. The van der Waals surface area contributed by atoms with Crippen LogP contribution >= 0.6 is 23.2 Å². The number of halogens is 4. The summed E-state index contributed by atoms with van der Waals surface area (Å²) in [7, 11) is 0. The predicted octanol–water partition coefficient (Wildman–Crippen LogP) is 3.46. The van der Waals surface area contributed by atoms with Gasteiger partial charge in [-0.3, -0.25) is 4.79 Å². The van der Waals surface area contributed by atoms with Crippen molar-refractivity contribution in [1.82, 2.24) is 0 Å². The van der Waals surface area contributed by atoms with E-state index in [9.17, 15) is 18.4 Å². The van der Waals surface area contributed by atoms with Crippen LogP contribution in [0.15, 0.2) is 17.9 Å². The van der Waals surface area contributed by atoms with E-state index in [1.165, 1.54) is 0 Å². The van der Waals surface area contributed by atoms with E-state index in [4.69, 9.17) is 33.0 Å². The summed E-state index contributed by atoms with van der Waals surface area (Å²) in [6, 6.07) is 0.670. The smallest absolute Gasteiger partial charge is 0.342 e. The minimum Gasteiger partial charge on any atom is -0.500 e. The fourth-order valence-electron chi connectivity index (χ4n) is 1.25. The van der Waals surface area contributed by atoms with Gasteiger partial charge in [-0.2, -0.15) is 0 Å². The van der Waals surface area contributed by atoms with E-state index in [2.05, 4.69) is 0 Å². The Morgan fingerprint density at radius 3 is 2.45 bits per heavy atom. The quantitative estimate of drug-likeness (QED) is 0.171. The molecule has 0 aromatic heterocycles. The van der Waals surface area contributed by atoms with Crippen molar-refractivity contribution in [2.45, 2.75) is 6.92 Å². The van der Waals surface area contributed by atoms with Crippen LogP contribution in [0.1, 0.15) is 17.3 Å². The highest BCUT2D eigenvalue weighted by Crippen LogP contribution is 2.29. The van der Waals surface area contributed by atoms with E-state index >= 15 is 0 Å². The lowest BCUT2D eigenvalue weighted by atomic mass is 10.0. The third kappa shape index (κ3) is 3.26. The molecule has 0 unspecified atom stereocenters. The monoisotopic (exact) mass is 324 g/mol. The lowest BCUT2D eigenvalue weighted by Gasteiger charge is -2.07. The van der Waals surface area contributed by atoms with Gasteiger partial charge in [-0.1, -0.05) is 23.2 Å². The zero-order valence-corrected chi connectivity index (χ0v) is 11.6. The van der Waals surface area contributed by atoms with Crippen LogP contribution in [0.3, 0.4) is 0 Å². The first-order chi connectivity index (χ1) is 9.31. The molecule has 0 amide bonds. The molecule has 0 radical (unpaired) electrons. The van der Waals surface area contributed by atoms with Crippen LogP contribution in [0.25, 0.3) is 0 Å². The first-order valence-corrected chi connectivity index (χ1v) is 5.99. The lowest BCUT2D eigenvalue weighted by molar-refractivity contribution is -0.132. The lowest BCUT2D eigenvalue weighted by Crippen LogP contribution is -2.15. The Kier molecular flexibility index (Phi) is 5.47. The number of ether oxygens (including phenoxy) is 1. The van der Waals surface area contributed by atoms with E-state index in [1.54, 1.807) is 6.92 Å². The molecular formula is C12H8Cl2F2O4. The zero-order chi connectivity index (χ0) is 15.4. The van der Waals surface area contributed by atoms with Crippen LogP contribution in [-0.4, -0.2) is 23.5 Å². The molecule has 0 heterocycles. The normalized spacial score (nSPS) is 11.3. The summed E-state index contributed by atoms with van der Waals surface area (Å²) in [5.41, 5.74) is -1.58. The molecule has 4 nitrogen and oxygen atoms in total. The van der Waals surface area contributed by atoms with E-state index in [1.807, 2.05) is 0 Å². The summed E-state index contributed by atoms with van der Waals surface area (Å²) in [6.07, 6.45) is 0.676. The Labute approximate surface area is 122 Å². The van der Waals surface area contributed by atoms with Gasteiger partial charge < -0.3 is 9.84 Å². The Morgan fingerprint density at radius 2 is 1.95 bits per heavy atom. The van der Waals surface area contributed by atoms with Crippen LogP contribution in [0, 0.1) is 11.6 Å². The Bertz CT molecular complexity index is 600. The molecule has 8 heteroatoms. The highest BCUT2D eigenvalue weighted by molar-refractivity contribution is 6.36. The minimum atomic E-state index is -1.63. The average Bonchev–Trinajstić information content (AvgIpc) is 2.40. The largest absolute Gasteiger partial charge is 0.500 e. The van der Waals surface area contributed by atoms with Gasteiger partial charge in [-0.25, -0.2) is 13.6 Å². The number of carbonyl (C=O) groups is 2. The molecule has 0 saturated carbocycles. The van der Waals surface area contributed by atoms with Gasteiger partial charge in [-0.05, 0) is 13.0 Å². The molecule has 0 aliphatic rings. The molecule has 0 atom stereocenters. The van der Waals surface area contributed by atoms with Crippen LogP contribution in [0.5, 0.6) is 0 Å². The number of hydrogen-bond acceptors (Lipinski definition) is 3.